The van der Waals surface area contributed by atoms with Crippen LogP contribution in [0.1, 0.15) is 207 Å². The molecular formula is C69H168N12O13. The molecule has 0 aromatic heterocycles. The van der Waals surface area contributed by atoms with Crippen LogP contribution in [0, 0.1) is 23.7 Å². The fourth-order valence-corrected chi connectivity index (χ4v) is 3.61. The summed E-state index contributed by atoms with van der Waals surface area (Å²) in [6, 6.07) is 19.1. The average Bonchev–Trinajstić information content (AvgIpc) is 4.32. The number of hydrogen-bond donors (Lipinski definition) is 12. The second-order valence-corrected chi connectivity index (χ2v) is 15.6. The Morgan fingerprint density at radius 2 is 0.606 bits per heavy atom. The summed E-state index contributed by atoms with van der Waals surface area (Å²) in [7, 11) is 9.00. The minimum atomic E-state index is -0.167. The van der Waals surface area contributed by atoms with Crippen LogP contribution in [-0.2, 0) is 70.4 Å². The number of benzene rings is 2. The van der Waals surface area contributed by atoms with Crippen molar-refractivity contribution >= 4 is 86.2 Å². The third-order valence-electron chi connectivity index (χ3n) is 7.81. The fraction of sp³-hybridized carbons (Fsp3) is 0.623. The van der Waals surface area contributed by atoms with E-state index in [0.717, 1.165) is 56.0 Å². The third kappa shape index (κ3) is 322. The number of nitrogens with zero attached hydrogens (tertiary/aromatic N) is 1. The van der Waals surface area contributed by atoms with E-state index in [9.17, 15) is 4.79 Å². The second kappa shape index (κ2) is 280. The van der Waals surface area contributed by atoms with Crippen LogP contribution in [0.3, 0.4) is 0 Å². The number of aliphatic hydroxyl groups excluding tert-OH is 1. The van der Waals surface area contributed by atoms with Gasteiger partial charge in [0.2, 0.25) is 5.91 Å². The van der Waals surface area contributed by atoms with Crippen molar-refractivity contribution in [2.45, 2.75) is 209 Å². The first-order valence-electron chi connectivity index (χ1n) is 29.3. The summed E-state index contributed by atoms with van der Waals surface area (Å²) >= 11 is 0. The van der Waals surface area contributed by atoms with Gasteiger partial charge in [0.15, 0.2) is 0 Å². The van der Waals surface area contributed by atoms with Crippen LogP contribution < -0.4 is 65.2 Å². The predicted octanol–water partition coefficient (Wildman–Crippen LogP) is 12.8. The maximum absolute atomic E-state index is 10.7. The van der Waals surface area contributed by atoms with Crippen molar-refractivity contribution in [1.82, 2.24) is 35.7 Å². The molecule has 0 radical (unpaired) electrons. The highest BCUT2D eigenvalue weighted by Gasteiger charge is 2.11. The number of amides is 1. The maximum atomic E-state index is 10.7. The summed E-state index contributed by atoms with van der Waals surface area (Å²) in [6.07, 6.45) is 13.2. The fourth-order valence-electron chi connectivity index (χ4n) is 3.61. The molecule has 94 heavy (non-hydrogen) atoms. The number of likely N-dealkylation sites (tertiary alicyclic amines) is 1. The Kier molecular flexibility index (Phi) is 551. The minimum absolute atomic E-state index is 0. The van der Waals surface area contributed by atoms with E-state index in [4.69, 9.17) is 57.8 Å². The Morgan fingerprint density at radius 3 is 0.766 bits per heavy atom. The van der Waals surface area contributed by atoms with Gasteiger partial charge < -0.3 is 128 Å². The second-order valence-electron chi connectivity index (χ2n) is 15.6. The number of allylic oxidation sites excluding steroid dienone is 2. The first-order chi connectivity index (χ1) is 42.9. The van der Waals surface area contributed by atoms with Crippen LogP contribution in [0.4, 0.5) is 0 Å². The lowest BCUT2D eigenvalue weighted by Crippen LogP contribution is -2.33. The number of piperidine rings is 1. The number of hydrogen-bond acceptors (Lipinski definition) is 24. The number of carbonyl (C=O) groups is 12. The Labute approximate surface area is 582 Å². The molecule has 1 amide bonds. The van der Waals surface area contributed by atoms with E-state index < -0.39 is 0 Å². The molecule has 0 spiro atoms. The van der Waals surface area contributed by atoms with Crippen LogP contribution in [0.15, 0.2) is 60.7 Å². The lowest BCUT2D eigenvalue weighted by Gasteiger charge is -2.24. The Hall–Kier alpha value is -6.46. The van der Waals surface area contributed by atoms with E-state index in [2.05, 4.69) is 186 Å². The minimum Gasteiger partial charge on any atom is -0.394 e. The van der Waals surface area contributed by atoms with Crippen LogP contribution in [0.25, 0.3) is 5.57 Å². The zero-order valence-electron chi connectivity index (χ0n) is 66.5. The molecular weight excluding hydrogens is 1200 g/mol. The van der Waals surface area contributed by atoms with Gasteiger partial charge in [-0.15, -0.1) is 0 Å². The van der Waals surface area contributed by atoms with E-state index in [0.29, 0.717) is 0 Å². The van der Waals surface area contributed by atoms with Crippen molar-refractivity contribution in [3.05, 3.63) is 77.4 Å². The van der Waals surface area contributed by atoms with Crippen LogP contribution in [-0.4, -0.2) is 152 Å². The number of carbonyl (C=O) groups excluding carboxylic acids is 12. The van der Waals surface area contributed by atoms with Gasteiger partial charge in [0.1, 0.15) is 74.7 Å². The summed E-state index contributed by atoms with van der Waals surface area (Å²) in [5.74, 6) is 3.72. The van der Waals surface area contributed by atoms with Crippen molar-refractivity contribution in [3.8, 4) is 0 Å². The number of aliphatic hydroxyl groups is 1. The highest BCUT2D eigenvalue weighted by molar-refractivity contribution is 5.73. The van der Waals surface area contributed by atoms with Crippen molar-refractivity contribution < 1.29 is 62.6 Å². The topological polar surface area (TPSA) is 559 Å². The summed E-state index contributed by atoms with van der Waals surface area (Å²) < 4.78 is 0. The van der Waals surface area contributed by atoms with Gasteiger partial charge in [-0.1, -0.05) is 205 Å². The number of nitrogens with two attached hydrogens (primary N) is 6. The summed E-state index contributed by atoms with van der Waals surface area (Å²) in [6.45, 7) is 67.9. The molecule has 0 atom stereocenters. The van der Waals surface area contributed by atoms with Crippen molar-refractivity contribution in [1.29, 1.82) is 0 Å². The molecule has 4 rings (SSSR count). The molecule has 1 saturated heterocycles. The van der Waals surface area contributed by atoms with Gasteiger partial charge in [0.05, 0.1) is 0 Å². The molecule has 2 aromatic carbocycles. The lowest BCUT2D eigenvalue weighted by atomic mass is 10.0. The zero-order chi connectivity index (χ0) is 78.2. The molecule has 582 valence electrons. The monoisotopic (exact) mass is 1370 g/mol. The number of aryl methyl sites for hydroxylation is 1. The van der Waals surface area contributed by atoms with Crippen LogP contribution in [0.2, 0.25) is 0 Å². The molecule has 2 aliphatic rings. The van der Waals surface area contributed by atoms with Crippen molar-refractivity contribution in [2.75, 3.05) is 55.4 Å². The van der Waals surface area contributed by atoms with Gasteiger partial charge in [-0.2, -0.15) is 0 Å². The Bertz CT molecular complexity index is 1200. The van der Waals surface area contributed by atoms with Gasteiger partial charge in [-0.05, 0) is 141 Å². The molecule has 25 nitrogen and oxygen atoms in total. The summed E-state index contributed by atoms with van der Waals surface area (Å²) in [5.41, 5.74) is 32.9. The zero-order valence-corrected chi connectivity index (χ0v) is 66.5. The molecule has 0 saturated carbocycles. The maximum Gasteiger partial charge on any atom is 0.219 e. The highest BCUT2D eigenvalue weighted by Crippen LogP contribution is 2.28. The average molecular weight is 1370 g/mol. The Balaban J connectivity index is -0.0000000191. The largest absolute Gasteiger partial charge is 0.394 e. The standard InChI is InChI=1S/C11H12.C8H10.C7H13NO.3C5H12.C4H10.C3H8O.2C2H6.6CH5N.11CH2O.5H3N/c1-2-9-7-8-10-5-3-4-6-11(9)10;1-2-8-6-4-3-5-7-8;1-7(9)8-5-3-2-4-6-8;3*1-4-5(2)3;1-4(2)3;1-3(2)4;19*1-2;;;;;/h3-7H,2,8H2,1H3;3-7H,2H2,1H3;2-6H2,1H3;3*5H,4H2,1-3H3;4H,1-3H3;3-4H,1-2H3;2*1-2H3;6*2H2,1H3;11*1H2;5*1H3. The van der Waals surface area contributed by atoms with Gasteiger partial charge in [0.25, 0.3) is 0 Å². The van der Waals surface area contributed by atoms with E-state index in [1.165, 1.54) is 103 Å². The molecule has 1 heterocycles. The number of fused-ring (bicyclic) bond motifs is 1. The first kappa shape index (κ1) is 185. The lowest BCUT2D eigenvalue weighted by molar-refractivity contribution is -0.129. The van der Waals surface area contributed by atoms with Crippen molar-refractivity contribution in [3.63, 3.8) is 0 Å². The molecule has 0 unspecified atom stereocenters. The molecule has 1 aliphatic carbocycles. The Morgan fingerprint density at radius 1 is 0.404 bits per heavy atom. The molecule has 1 fully saturated rings. The van der Waals surface area contributed by atoms with E-state index in [1.807, 2.05) is 113 Å². The molecule has 0 bridgehead atoms. The van der Waals surface area contributed by atoms with Gasteiger partial charge in [-0.3, -0.25) is 4.79 Å². The van der Waals surface area contributed by atoms with Gasteiger partial charge in [-0.25, -0.2) is 0 Å². The predicted molar refractivity (Wildman–Crippen MR) is 420 cm³/mol. The van der Waals surface area contributed by atoms with Crippen LogP contribution in [0.5, 0.6) is 0 Å². The molecule has 28 N–H and O–H groups in total. The van der Waals surface area contributed by atoms with E-state index >= 15 is 0 Å². The van der Waals surface area contributed by atoms with Crippen LogP contribution >= 0.6 is 0 Å². The number of rotatable bonds is 5. The summed E-state index contributed by atoms with van der Waals surface area (Å²) in [5, 5.41) is 8.06. The van der Waals surface area contributed by atoms with E-state index in [1.54, 1.807) is 20.8 Å². The van der Waals surface area contributed by atoms with Gasteiger partial charge >= 0.3 is 0 Å². The SMILES string of the molecule is C=O.C=O.C=O.C=O.C=O.C=O.C=O.C=O.C=O.C=O.C=O.CC.CC.CC(=O)N1CCCCC1.CC(C)C.CC(C)O.CCC(C)C.CCC(C)C.CCC(C)C.CCC1=CCc2ccccc21.CCc1ccccc1.CN.CN.CN.CN.CN.CN.N.N.N.N.N. The molecule has 2 aromatic rings. The summed E-state index contributed by atoms with van der Waals surface area (Å²) in [4.78, 5) is 101. The van der Waals surface area contributed by atoms with E-state index in [-0.39, 0.29) is 42.8 Å². The van der Waals surface area contributed by atoms with Gasteiger partial charge in [0, 0.05) is 26.1 Å². The quantitative estimate of drug-likeness (QED) is 0.132. The third-order valence-corrected chi connectivity index (χ3v) is 7.81. The first-order valence-corrected chi connectivity index (χ1v) is 29.3. The molecule has 1 aliphatic heterocycles. The highest BCUT2D eigenvalue weighted by atomic mass is 16.3. The normalized spacial score (nSPS) is 7.65. The smallest absolute Gasteiger partial charge is 0.219 e. The molecule has 25 heteroatoms. The van der Waals surface area contributed by atoms with Crippen molar-refractivity contribution in [2.24, 2.45) is 58.1 Å².